The van der Waals surface area contributed by atoms with Crippen LogP contribution in [0.2, 0.25) is 0 Å². The van der Waals surface area contributed by atoms with Crippen molar-refractivity contribution in [2.24, 2.45) is 0 Å². The number of benzene rings is 10. The van der Waals surface area contributed by atoms with Gasteiger partial charge in [-0.1, -0.05) is 182 Å². The third-order valence-corrected chi connectivity index (χ3v) is 14.5. The van der Waals surface area contributed by atoms with Crippen LogP contribution in [0.3, 0.4) is 0 Å². The molecule has 0 spiro atoms. The van der Waals surface area contributed by atoms with Gasteiger partial charge in [0.15, 0.2) is 0 Å². The van der Waals surface area contributed by atoms with Crippen LogP contribution < -0.4 is 0 Å². The maximum atomic E-state index is 5.17. The Morgan fingerprint density at radius 1 is 0.203 bits per heavy atom. The van der Waals surface area contributed by atoms with Crippen LogP contribution in [0.25, 0.3) is 134 Å². The molecular weight excluding hydrogens is 1140 g/mol. The van der Waals surface area contributed by atoms with E-state index in [0.717, 1.165) is 123 Å². The molecule has 0 bridgehead atoms. The van der Waals surface area contributed by atoms with Crippen LogP contribution in [0.5, 0.6) is 0 Å². The number of aromatic nitrogens is 3. The molecule has 0 saturated carbocycles. The zero-order valence-corrected chi connectivity index (χ0v) is 45.3. The number of rotatable bonds is 12. The summed E-state index contributed by atoms with van der Waals surface area (Å²) in [5, 5.41) is 0. The molecule has 0 fully saturated rings. The van der Waals surface area contributed by atoms with Crippen LogP contribution in [0.15, 0.2) is 292 Å². The third-order valence-electron chi connectivity index (χ3n) is 14.5. The van der Waals surface area contributed by atoms with Crippen molar-refractivity contribution in [3.8, 4) is 134 Å². The van der Waals surface area contributed by atoms with Gasteiger partial charge < -0.3 is 15.0 Å². The van der Waals surface area contributed by atoms with Crippen molar-refractivity contribution in [1.29, 1.82) is 0 Å². The minimum atomic E-state index is 0. The SMILES string of the molecule is [Ir+3].[c-]1ccccc1-c1ccc(-c2ccccc2-c2cc(-c3ccccc3-c3ccc(-c4[c-]cccc4)nc3)cc(-c3ccccc3-c3cnc(-c4[c-]cccc4)cc3-c3ccc(-c4ccc(-c5ccccc5)cc4)cc3)c2)cn1. The first-order valence-corrected chi connectivity index (χ1v) is 26.2. The summed E-state index contributed by atoms with van der Waals surface area (Å²) >= 11 is 0. The van der Waals surface area contributed by atoms with Crippen molar-refractivity contribution in [2.45, 2.75) is 0 Å². The molecule has 13 aromatic rings. The Morgan fingerprint density at radius 3 is 0.937 bits per heavy atom. The summed E-state index contributed by atoms with van der Waals surface area (Å²) < 4.78 is 0. The molecular formula is C75H48IrN3. The number of pyridine rings is 3. The van der Waals surface area contributed by atoms with Gasteiger partial charge >= 0.3 is 20.1 Å². The molecule has 372 valence electrons. The first kappa shape index (κ1) is 50.1. The smallest absolute Gasteiger partial charge is 0.304 e. The fourth-order valence-corrected chi connectivity index (χ4v) is 10.5. The van der Waals surface area contributed by atoms with Crippen molar-refractivity contribution < 1.29 is 20.1 Å². The predicted molar refractivity (Wildman–Crippen MR) is 322 cm³/mol. The van der Waals surface area contributed by atoms with Crippen LogP contribution in [0.1, 0.15) is 0 Å². The van der Waals surface area contributed by atoms with Crippen LogP contribution in [0.4, 0.5) is 0 Å². The van der Waals surface area contributed by atoms with Gasteiger partial charge in [0.1, 0.15) is 0 Å². The molecule has 0 aliphatic rings. The van der Waals surface area contributed by atoms with Crippen molar-refractivity contribution in [3.63, 3.8) is 0 Å². The fraction of sp³-hybridized carbons (Fsp3) is 0. The molecule has 0 saturated heterocycles. The third kappa shape index (κ3) is 10.6. The van der Waals surface area contributed by atoms with E-state index in [1.807, 2.05) is 85.3 Å². The van der Waals surface area contributed by atoms with Gasteiger partial charge in [0.05, 0.1) is 0 Å². The minimum Gasteiger partial charge on any atom is -0.304 e. The number of hydrogen-bond donors (Lipinski definition) is 0. The van der Waals surface area contributed by atoms with E-state index in [4.69, 9.17) is 15.0 Å². The second-order valence-electron chi connectivity index (χ2n) is 19.3. The van der Waals surface area contributed by atoms with E-state index in [1.54, 1.807) is 0 Å². The molecule has 0 N–H and O–H groups in total. The molecule has 0 aliphatic heterocycles. The maximum absolute atomic E-state index is 5.17. The molecule has 3 nitrogen and oxygen atoms in total. The zero-order valence-electron chi connectivity index (χ0n) is 42.9. The van der Waals surface area contributed by atoms with Gasteiger partial charge in [-0.15, -0.1) is 108 Å². The molecule has 0 atom stereocenters. The Morgan fingerprint density at radius 2 is 0.532 bits per heavy atom. The van der Waals surface area contributed by atoms with Crippen LogP contribution >= 0.6 is 0 Å². The molecule has 3 aromatic heterocycles. The predicted octanol–water partition coefficient (Wildman–Crippen LogP) is 19.3. The summed E-state index contributed by atoms with van der Waals surface area (Å²) in [6.45, 7) is 0. The van der Waals surface area contributed by atoms with Gasteiger partial charge in [-0.2, -0.15) is 0 Å². The van der Waals surface area contributed by atoms with Gasteiger partial charge in [0.25, 0.3) is 0 Å². The standard InChI is InChI=1S/C75H48N3.Ir/c1-5-19-52(20-6-1)53-33-35-54(36-34-53)55-37-39-56(40-38-55)71-48-75(59-25-11-4-12-26-59)78-51-72(71)70-32-18-17-31-69(70)64-46-62(67-29-15-13-27-65(67)60-41-43-73(76-49-60)57-21-7-2-8-22-57)45-63(47-64)68-30-16-14-28-66(68)61-42-44-74(77-50-61)58-23-9-3-10-24-58;/h1-21,23,25,27-51H;/q-3;+3. The van der Waals surface area contributed by atoms with Gasteiger partial charge in [-0.3, -0.25) is 0 Å². The summed E-state index contributed by atoms with van der Waals surface area (Å²) in [5.41, 5.74) is 25.2. The number of nitrogens with zero attached hydrogens (tertiary/aromatic N) is 3. The largest absolute Gasteiger partial charge is 3.00 e. The molecule has 0 amide bonds. The Labute approximate surface area is 475 Å². The monoisotopic (exact) mass is 1180 g/mol. The van der Waals surface area contributed by atoms with E-state index in [0.29, 0.717) is 0 Å². The average molecular weight is 1180 g/mol. The topological polar surface area (TPSA) is 38.7 Å². The van der Waals surface area contributed by atoms with E-state index in [9.17, 15) is 0 Å². The van der Waals surface area contributed by atoms with E-state index in [-0.39, 0.29) is 20.1 Å². The Balaban J connectivity index is 0.00000623. The molecule has 0 aliphatic carbocycles. The second-order valence-corrected chi connectivity index (χ2v) is 19.3. The van der Waals surface area contributed by atoms with E-state index in [1.165, 1.54) is 11.1 Å². The van der Waals surface area contributed by atoms with Crippen molar-refractivity contribution >= 4 is 0 Å². The minimum absolute atomic E-state index is 0. The average Bonchev–Trinajstić information content (AvgIpc) is 3.54. The van der Waals surface area contributed by atoms with E-state index >= 15 is 0 Å². The van der Waals surface area contributed by atoms with Gasteiger partial charge in [0.2, 0.25) is 0 Å². The quantitative estimate of drug-likeness (QED) is 0.114. The summed E-state index contributed by atoms with van der Waals surface area (Å²) in [6.07, 6.45) is 6.01. The summed E-state index contributed by atoms with van der Waals surface area (Å²) in [7, 11) is 0. The maximum Gasteiger partial charge on any atom is 3.00 e. The molecule has 79 heavy (non-hydrogen) atoms. The van der Waals surface area contributed by atoms with Crippen LogP contribution in [-0.2, 0) is 20.1 Å². The zero-order chi connectivity index (χ0) is 52.0. The van der Waals surface area contributed by atoms with E-state index in [2.05, 4.69) is 224 Å². The van der Waals surface area contributed by atoms with Crippen LogP contribution in [-0.4, -0.2) is 15.0 Å². The second kappa shape index (κ2) is 22.9. The normalized spacial score (nSPS) is 10.9. The summed E-state index contributed by atoms with van der Waals surface area (Å²) in [6, 6.07) is 106. The first-order chi connectivity index (χ1) is 38.7. The first-order valence-electron chi connectivity index (χ1n) is 26.2. The fourth-order valence-electron chi connectivity index (χ4n) is 10.5. The molecule has 4 heteroatoms. The Bertz CT molecular complexity index is 4040. The van der Waals surface area contributed by atoms with Gasteiger partial charge in [-0.25, -0.2) is 0 Å². The van der Waals surface area contributed by atoms with Gasteiger partial charge in [0, 0.05) is 24.2 Å². The van der Waals surface area contributed by atoms with E-state index < -0.39 is 0 Å². The van der Waals surface area contributed by atoms with Gasteiger partial charge in [-0.05, 0) is 130 Å². The van der Waals surface area contributed by atoms with Crippen molar-refractivity contribution in [1.82, 2.24) is 15.0 Å². The van der Waals surface area contributed by atoms with Crippen molar-refractivity contribution in [2.75, 3.05) is 0 Å². The number of hydrogen-bond acceptors (Lipinski definition) is 3. The molecule has 0 unspecified atom stereocenters. The molecule has 10 aromatic carbocycles. The molecule has 0 radical (unpaired) electrons. The Hall–Kier alpha value is -9.70. The van der Waals surface area contributed by atoms with Crippen LogP contribution in [0, 0.1) is 18.2 Å². The Kier molecular flexibility index (Phi) is 14.5. The molecule has 3 heterocycles. The van der Waals surface area contributed by atoms with Crippen molar-refractivity contribution in [3.05, 3.63) is 310 Å². The molecule has 13 rings (SSSR count). The summed E-state index contributed by atoms with van der Waals surface area (Å²) in [5.74, 6) is 0. The summed E-state index contributed by atoms with van der Waals surface area (Å²) in [4.78, 5) is 15.1.